The highest BCUT2D eigenvalue weighted by Crippen LogP contribution is 2.31. The number of carbonyl (C=O) groups excluding carboxylic acids is 2. The van der Waals surface area contributed by atoms with Crippen molar-refractivity contribution in [2.75, 3.05) is 48.9 Å². The Morgan fingerprint density at radius 1 is 1.07 bits per heavy atom. The second-order valence-corrected chi connectivity index (χ2v) is 6.73. The van der Waals surface area contributed by atoms with E-state index in [1.807, 2.05) is 18.2 Å². The van der Waals surface area contributed by atoms with Crippen molar-refractivity contribution >= 4 is 40.5 Å². The van der Waals surface area contributed by atoms with Crippen LogP contribution in [0.3, 0.4) is 0 Å². The highest BCUT2D eigenvalue weighted by atomic mass is 35.5. The number of methoxy groups -OCH3 is 1. The number of nitrogens with one attached hydrogen (secondary N) is 2. The summed E-state index contributed by atoms with van der Waals surface area (Å²) in [5, 5.41) is 5.78. The van der Waals surface area contributed by atoms with Crippen molar-refractivity contribution in [1.29, 1.82) is 0 Å². The van der Waals surface area contributed by atoms with Crippen LogP contribution >= 0.6 is 11.6 Å². The minimum atomic E-state index is -0.795. The number of halogens is 1. The van der Waals surface area contributed by atoms with Crippen LogP contribution in [0.15, 0.2) is 36.4 Å². The van der Waals surface area contributed by atoms with Gasteiger partial charge in [0.25, 0.3) is 0 Å². The predicted octanol–water partition coefficient (Wildman–Crippen LogP) is 3.07. The Balaban J connectivity index is 1.74. The highest BCUT2D eigenvalue weighted by molar-refractivity contribution is 6.44. The summed E-state index contributed by atoms with van der Waals surface area (Å²) >= 11 is 6.08. The van der Waals surface area contributed by atoms with E-state index >= 15 is 0 Å². The molecule has 2 N–H and O–H groups in total. The van der Waals surface area contributed by atoms with E-state index in [2.05, 4.69) is 15.5 Å². The molecular weight excluding hydrogens is 382 g/mol. The third-order valence-electron chi connectivity index (χ3n) is 4.44. The molecule has 0 aromatic heterocycles. The quantitative estimate of drug-likeness (QED) is 0.767. The van der Waals surface area contributed by atoms with Gasteiger partial charge in [0.2, 0.25) is 0 Å². The summed E-state index contributed by atoms with van der Waals surface area (Å²) in [6, 6.07) is 10.6. The lowest BCUT2D eigenvalue weighted by Crippen LogP contribution is -2.37. The largest absolute Gasteiger partial charge is 0.495 e. The minimum Gasteiger partial charge on any atom is -0.495 e. The summed E-state index contributed by atoms with van der Waals surface area (Å²) < 4.78 is 10.6. The summed E-state index contributed by atoms with van der Waals surface area (Å²) in [4.78, 5) is 27.0. The molecule has 0 atom stereocenters. The average molecular weight is 404 g/mol. The van der Waals surface area contributed by atoms with Gasteiger partial charge in [-0.05, 0) is 30.7 Å². The zero-order valence-electron chi connectivity index (χ0n) is 15.8. The van der Waals surface area contributed by atoms with Crippen molar-refractivity contribution in [3.05, 3.63) is 47.0 Å². The summed E-state index contributed by atoms with van der Waals surface area (Å²) in [5.41, 5.74) is 2.57. The molecule has 2 aromatic carbocycles. The molecule has 0 radical (unpaired) electrons. The van der Waals surface area contributed by atoms with Gasteiger partial charge in [-0.3, -0.25) is 9.59 Å². The predicted molar refractivity (Wildman–Crippen MR) is 109 cm³/mol. The van der Waals surface area contributed by atoms with Crippen LogP contribution in [0.5, 0.6) is 5.75 Å². The number of hydrogen-bond donors (Lipinski definition) is 2. The number of aryl methyl sites for hydroxylation is 1. The lowest BCUT2D eigenvalue weighted by molar-refractivity contribution is -0.133. The van der Waals surface area contributed by atoms with Crippen molar-refractivity contribution in [2.24, 2.45) is 0 Å². The molecule has 1 saturated heterocycles. The van der Waals surface area contributed by atoms with Crippen LogP contribution in [0, 0.1) is 6.92 Å². The number of carbonyl (C=O) groups is 2. The number of ether oxygens (including phenoxy) is 2. The van der Waals surface area contributed by atoms with Gasteiger partial charge in [0.1, 0.15) is 5.75 Å². The molecule has 8 heteroatoms. The fourth-order valence-electron chi connectivity index (χ4n) is 2.95. The van der Waals surface area contributed by atoms with Crippen molar-refractivity contribution in [3.63, 3.8) is 0 Å². The topological polar surface area (TPSA) is 79.9 Å². The lowest BCUT2D eigenvalue weighted by atomic mass is 10.2. The molecule has 0 bridgehead atoms. The van der Waals surface area contributed by atoms with Crippen LogP contribution in [0.25, 0.3) is 0 Å². The van der Waals surface area contributed by atoms with E-state index in [-0.39, 0.29) is 0 Å². The van der Waals surface area contributed by atoms with Crippen LogP contribution in [-0.2, 0) is 14.3 Å². The Morgan fingerprint density at radius 2 is 1.71 bits per heavy atom. The first-order valence-corrected chi connectivity index (χ1v) is 9.25. The number of hydrogen-bond acceptors (Lipinski definition) is 5. The summed E-state index contributed by atoms with van der Waals surface area (Å²) in [5.74, 6) is -1.18. The number of amides is 2. The molecule has 1 fully saturated rings. The second kappa shape index (κ2) is 8.95. The van der Waals surface area contributed by atoms with Gasteiger partial charge in [0.15, 0.2) is 0 Å². The van der Waals surface area contributed by atoms with Crippen molar-refractivity contribution < 1.29 is 19.1 Å². The fourth-order valence-corrected chi connectivity index (χ4v) is 3.10. The second-order valence-electron chi connectivity index (χ2n) is 6.33. The molecule has 2 amide bonds. The highest BCUT2D eigenvalue weighted by Gasteiger charge is 2.20. The van der Waals surface area contributed by atoms with E-state index in [9.17, 15) is 9.59 Å². The van der Waals surface area contributed by atoms with Gasteiger partial charge < -0.3 is 25.0 Å². The first-order chi connectivity index (χ1) is 13.5. The van der Waals surface area contributed by atoms with E-state index < -0.39 is 11.8 Å². The third-order valence-corrected chi connectivity index (χ3v) is 4.85. The summed E-state index contributed by atoms with van der Waals surface area (Å²) in [6.07, 6.45) is 0. The zero-order valence-corrected chi connectivity index (χ0v) is 16.5. The molecule has 1 aliphatic heterocycles. The number of nitrogens with zero attached hydrogens (tertiary/aromatic N) is 1. The Hall–Kier alpha value is -2.77. The SMILES string of the molecule is COc1cc(Cl)c(C)cc1NC(=O)C(=O)Nc1ccccc1N1CCOCC1. The molecular formula is C20H22ClN3O4. The average Bonchev–Trinajstić information content (AvgIpc) is 2.71. The molecule has 0 aliphatic carbocycles. The first kappa shape index (κ1) is 20.0. The molecule has 7 nitrogen and oxygen atoms in total. The lowest BCUT2D eigenvalue weighted by Gasteiger charge is -2.30. The van der Waals surface area contributed by atoms with Crippen molar-refractivity contribution in [2.45, 2.75) is 6.92 Å². The molecule has 28 heavy (non-hydrogen) atoms. The molecule has 2 aromatic rings. The maximum Gasteiger partial charge on any atom is 0.314 e. The number of para-hydroxylation sites is 2. The molecule has 0 unspecified atom stereocenters. The Kier molecular flexibility index (Phi) is 6.38. The maximum absolute atomic E-state index is 12.5. The summed E-state index contributed by atoms with van der Waals surface area (Å²) in [7, 11) is 1.47. The number of benzene rings is 2. The molecule has 1 aliphatic rings. The molecule has 1 heterocycles. The van der Waals surface area contributed by atoms with Gasteiger partial charge in [-0.1, -0.05) is 23.7 Å². The molecule has 148 valence electrons. The van der Waals surface area contributed by atoms with E-state index in [1.54, 1.807) is 25.1 Å². The van der Waals surface area contributed by atoms with Crippen LogP contribution < -0.4 is 20.3 Å². The van der Waals surface area contributed by atoms with Gasteiger partial charge >= 0.3 is 11.8 Å². The standard InChI is InChI=1S/C20H22ClN3O4/c1-13-11-16(18(27-2)12-14(13)21)23-20(26)19(25)22-15-5-3-4-6-17(15)24-7-9-28-10-8-24/h3-6,11-12H,7-10H2,1-2H3,(H,22,25)(H,23,26). The van der Waals surface area contributed by atoms with Gasteiger partial charge in [-0.25, -0.2) is 0 Å². The fraction of sp³-hybridized carbons (Fsp3) is 0.300. The minimum absolute atomic E-state index is 0.380. The number of anilines is 3. The van der Waals surface area contributed by atoms with Crippen LogP contribution in [0.4, 0.5) is 17.1 Å². The first-order valence-electron chi connectivity index (χ1n) is 8.88. The molecule has 0 spiro atoms. The van der Waals surface area contributed by atoms with Crippen LogP contribution in [0.1, 0.15) is 5.56 Å². The van der Waals surface area contributed by atoms with E-state index in [1.165, 1.54) is 7.11 Å². The normalized spacial score (nSPS) is 13.8. The smallest absolute Gasteiger partial charge is 0.314 e. The maximum atomic E-state index is 12.5. The van der Waals surface area contributed by atoms with Gasteiger partial charge in [0, 0.05) is 24.2 Å². The zero-order chi connectivity index (χ0) is 20.1. The monoisotopic (exact) mass is 403 g/mol. The van der Waals surface area contributed by atoms with Crippen molar-refractivity contribution in [1.82, 2.24) is 0 Å². The van der Waals surface area contributed by atoms with Crippen LogP contribution in [-0.4, -0.2) is 45.2 Å². The van der Waals surface area contributed by atoms with Crippen LogP contribution in [0.2, 0.25) is 5.02 Å². The van der Waals surface area contributed by atoms with Gasteiger partial charge in [-0.15, -0.1) is 0 Å². The summed E-state index contributed by atoms with van der Waals surface area (Å²) in [6.45, 7) is 4.49. The molecule has 3 rings (SSSR count). The van der Waals surface area contributed by atoms with E-state index in [0.717, 1.165) is 24.3 Å². The van der Waals surface area contributed by atoms with E-state index in [4.69, 9.17) is 21.1 Å². The van der Waals surface area contributed by atoms with Crippen molar-refractivity contribution in [3.8, 4) is 5.75 Å². The Morgan fingerprint density at radius 3 is 2.39 bits per heavy atom. The van der Waals surface area contributed by atoms with E-state index in [0.29, 0.717) is 35.4 Å². The Bertz CT molecular complexity index is 882. The number of rotatable bonds is 4. The van der Waals surface area contributed by atoms with Gasteiger partial charge in [0.05, 0.1) is 37.4 Å². The third kappa shape index (κ3) is 4.55. The number of morpholine rings is 1. The van der Waals surface area contributed by atoms with Gasteiger partial charge in [-0.2, -0.15) is 0 Å². The molecule has 0 saturated carbocycles. The Labute approximate surface area is 168 Å².